The summed E-state index contributed by atoms with van der Waals surface area (Å²) in [7, 11) is 1.69. The van der Waals surface area contributed by atoms with E-state index in [4.69, 9.17) is 9.47 Å². The average Bonchev–Trinajstić information content (AvgIpc) is 3.74. The van der Waals surface area contributed by atoms with Crippen LogP contribution in [-0.2, 0) is 28.7 Å². The first-order valence-electron chi connectivity index (χ1n) is 17.9. The van der Waals surface area contributed by atoms with Crippen molar-refractivity contribution in [2.45, 2.75) is 86.7 Å². The van der Waals surface area contributed by atoms with Crippen molar-refractivity contribution in [2.75, 3.05) is 26.7 Å². The third kappa shape index (κ3) is 7.30. The second kappa shape index (κ2) is 16.7. The molecule has 3 aliphatic heterocycles. The van der Waals surface area contributed by atoms with E-state index in [0.29, 0.717) is 30.5 Å². The maximum atomic E-state index is 14.9. The molecule has 3 amide bonds. The number of amides is 3. The Labute approximate surface area is 309 Å². The number of carbonyl (C=O) groups is 4. The quantitative estimate of drug-likeness (QED) is 0.131. The Bertz CT molecular complexity index is 1570. The number of ether oxygens (including phenoxy) is 2. The van der Waals surface area contributed by atoms with Crippen molar-refractivity contribution in [3.8, 4) is 0 Å². The minimum Gasteiger partial charge on any atom is -0.455 e. The lowest BCUT2D eigenvalue weighted by atomic mass is 9.70. The van der Waals surface area contributed by atoms with Gasteiger partial charge in [0.05, 0.1) is 36.6 Å². The molecule has 1 unspecified atom stereocenters. The van der Waals surface area contributed by atoms with Crippen molar-refractivity contribution < 1.29 is 33.8 Å². The fraction of sp³-hybridized carbons (Fsp3) is 0.500. The molecule has 2 aromatic rings. The summed E-state index contributed by atoms with van der Waals surface area (Å²) in [6.45, 7) is 11.8. The number of hydrogen-bond donors (Lipinski definition) is 1. The summed E-state index contributed by atoms with van der Waals surface area (Å²) in [5, 5.41) is 10.8. The van der Waals surface area contributed by atoms with Crippen LogP contribution in [0.25, 0.3) is 0 Å². The number of rotatable bonds is 17. The van der Waals surface area contributed by atoms with E-state index in [-0.39, 0.29) is 29.6 Å². The van der Waals surface area contributed by atoms with Gasteiger partial charge in [-0.2, -0.15) is 0 Å². The van der Waals surface area contributed by atoms with Crippen LogP contribution in [0.15, 0.2) is 86.0 Å². The zero-order valence-corrected chi connectivity index (χ0v) is 31.3. The lowest BCUT2D eigenvalue weighted by Crippen LogP contribution is -2.57. The van der Waals surface area contributed by atoms with Crippen LogP contribution in [0.3, 0.4) is 0 Å². The first-order valence-corrected chi connectivity index (χ1v) is 18.8. The average molecular weight is 765 g/mol. The number of halogens is 1. The Morgan fingerprint density at radius 3 is 2.33 bits per heavy atom. The van der Waals surface area contributed by atoms with Crippen LogP contribution < -0.4 is 0 Å². The van der Waals surface area contributed by atoms with Crippen molar-refractivity contribution in [2.24, 2.45) is 11.8 Å². The number of nitrogens with zero attached hydrogens (tertiary/aromatic N) is 3. The minimum absolute atomic E-state index is 0.117. The fourth-order valence-electron chi connectivity index (χ4n) is 8.07. The van der Waals surface area contributed by atoms with E-state index in [0.717, 1.165) is 12.8 Å². The normalized spacial score (nSPS) is 26.6. The summed E-state index contributed by atoms with van der Waals surface area (Å²) in [5.41, 5.74) is 0.0109. The molecule has 2 bridgehead atoms. The molecule has 274 valence electrons. The van der Waals surface area contributed by atoms with Gasteiger partial charge < -0.3 is 29.3 Å². The van der Waals surface area contributed by atoms with E-state index in [1.165, 1.54) is 4.90 Å². The van der Waals surface area contributed by atoms with Gasteiger partial charge in [-0.3, -0.25) is 19.2 Å². The summed E-state index contributed by atoms with van der Waals surface area (Å²) >= 11 is 3.75. The van der Waals surface area contributed by atoms with Gasteiger partial charge >= 0.3 is 5.97 Å². The Morgan fingerprint density at radius 1 is 1.10 bits per heavy atom. The molecule has 3 saturated heterocycles. The largest absolute Gasteiger partial charge is 0.455 e. The fourth-order valence-corrected chi connectivity index (χ4v) is 9.02. The maximum absolute atomic E-state index is 14.9. The minimum atomic E-state index is -1.35. The molecular formula is C40H50BrN3O7. The van der Waals surface area contributed by atoms with E-state index in [2.05, 4.69) is 29.1 Å². The Balaban J connectivity index is 1.56. The summed E-state index contributed by atoms with van der Waals surface area (Å²) < 4.78 is 13.1. The lowest BCUT2D eigenvalue weighted by Gasteiger charge is -2.39. The molecular weight excluding hydrogens is 714 g/mol. The van der Waals surface area contributed by atoms with Gasteiger partial charge in [0.1, 0.15) is 17.7 Å². The number of fused-ring (bicyclic) bond motifs is 1. The van der Waals surface area contributed by atoms with Crippen LogP contribution >= 0.6 is 15.9 Å². The van der Waals surface area contributed by atoms with Crippen LogP contribution in [-0.4, -0.2) is 98.9 Å². The van der Waals surface area contributed by atoms with Crippen LogP contribution in [0.1, 0.15) is 69.2 Å². The van der Waals surface area contributed by atoms with Gasteiger partial charge in [0, 0.05) is 31.4 Å². The topological polar surface area (TPSA) is 117 Å². The third-order valence-electron chi connectivity index (χ3n) is 10.7. The van der Waals surface area contributed by atoms with E-state index < -0.39 is 66.3 Å². The number of likely N-dealkylation sites (N-methyl/N-ethyl adjacent to an activating group) is 1. The number of aliphatic hydroxyl groups excluding tert-OH is 1. The summed E-state index contributed by atoms with van der Waals surface area (Å²) in [5.74, 6) is -3.58. The molecule has 9 atom stereocenters. The molecule has 1 spiro atoms. The number of unbranched alkanes of at least 4 members (excludes halogenated alkanes) is 1. The smallest absolute Gasteiger partial charge is 0.313 e. The lowest BCUT2D eigenvalue weighted by molar-refractivity contribution is -0.165. The van der Waals surface area contributed by atoms with Crippen LogP contribution in [0.2, 0.25) is 0 Å². The van der Waals surface area contributed by atoms with Crippen molar-refractivity contribution in [3.05, 3.63) is 97.1 Å². The summed E-state index contributed by atoms with van der Waals surface area (Å²) in [6, 6.07) is 15.8. The summed E-state index contributed by atoms with van der Waals surface area (Å²) in [4.78, 5) is 61.8. The number of allylic oxidation sites excluding steroid dienone is 1. The molecule has 1 N–H and O–H groups in total. The molecule has 5 rings (SSSR count). The van der Waals surface area contributed by atoms with Gasteiger partial charge in [0.25, 0.3) is 0 Å². The number of likely N-dealkylation sites (tertiary alicyclic amines) is 1. The molecule has 3 heterocycles. The Hall–Kier alpha value is -3.80. The Kier molecular flexibility index (Phi) is 12.6. The molecule has 0 aromatic heterocycles. The molecule has 10 nitrogen and oxygen atoms in total. The SMILES string of the molecule is C=CCCC(=O)N(C)[C@@H](C)[C@@H](OC(=O)[C@@H]1[C@H]2O[C@@]3(CC2Br)[C@H](C(=O)N(CC=C)CCCC)N([C@H](CO)c2ccccc2)C(=O)[C@@H]13)c1ccccc1. The van der Waals surface area contributed by atoms with Gasteiger partial charge in [-0.25, -0.2) is 0 Å². The van der Waals surface area contributed by atoms with Crippen LogP contribution in [0.4, 0.5) is 0 Å². The predicted octanol–water partition coefficient (Wildman–Crippen LogP) is 5.38. The van der Waals surface area contributed by atoms with Gasteiger partial charge in [-0.05, 0) is 37.3 Å². The number of carbonyl (C=O) groups excluding carboxylic acids is 4. The maximum Gasteiger partial charge on any atom is 0.313 e. The van der Waals surface area contributed by atoms with Gasteiger partial charge in [-0.1, -0.05) is 102 Å². The molecule has 3 aliphatic rings. The first-order chi connectivity index (χ1) is 24.6. The monoisotopic (exact) mass is 763 g/mol. The number of hydrogen-bond acceptors (Lipinski definition) is 7. The van der Waals surface area contributed by atoms with Crippen molar-refractivity contribution in [1.29, 1.82) is 0 Å². The van der Waals surface area contributed by atoms with E-state index in [9.17, 15) is 24.3 Å². The molecule has 0 radical (unpaired) electrons. The van der Waals surface area contributed by atoms with E-state index >= 15 is 0 Å². The second-order valence-electron chi connectivity index (χ2n) is 13.8. The number of alkyl halides is 1. The molecule has 0 aliphatic carbocycles. The van der Waals surface area contributed by atoms with E-state index in [1.54, 1.807) is 29.0 Å². The van der Waals surface area contributed by atoms with Crippen molar-refractivity contribution in [1.82, 2.24) is 14.7 Å². The highest BCUT2D eigenvalue weighted by Gasteiger charge is 2.77. The highest BCUT2D eigenvalue weighted by atomic mass is 79.9. The number of benzene rings is 2. The predicted molar refractivity (Wildman–Crippen MR) is 197 cm³/mol. The molecule has 3 fully saturated rings. The van der Waals surface area contributed by atoms with Crippen LogP contribution in [0, 0.1) is 11.8 Å². The zero-order chi connectivity index (χ0) is 36.9. The first kappa shape index (κ1) is 38.4. The summed E-state index contributed by atoms with van der Waals surface area (Å²) in [6.07, 6.45) is 4.46. The van der Waals surface area contributed by atoms with E-state index in [1.807, 2.05) is 74.5 Å². The van der Waals surface area contributed by atoms with Crippen molar-refractivity contribution >= 4 is 39.6 Å². The zero-order valence-electron chi connectivity index (χ0n) is 29.7. The standard InChI is InChI=1S/C40H50BrN3O7/c1-6-9-21-31(46)42(5)26(4)34(28-19-15-12-16-20-28)50-39(49)32-33-37(47)44(30(25-45)27-17-13-11-14-18-27)36(40(33)24-29(41)35(32)51-40)38(48)43(22-8-3)23-10-7-2/h6,8,11-20,26,29-30,32-36,45H,1,3,7,9-10,21-25H2,2,4-5H3/t26-,29?,30+,32-,33+,34+,35-,36-,40+/m0/s1. The third-order valence-corrected chi connectivity index (χ3v) is 11.6. The molecule has 2 aromatic carbocycles. The second-order valence-corrected chi connectivity index (χ2v) is 15.0. The molecule has 0 saturated carbocycles. The van der Waals surface area contributed by atoms with Gasteiger partial charge in [-0.15, -0.1) is 13.2 Å². The van der Waals surface area contributed by atoms with Gasteiger partial charge in [0.2, 0.25) is 17.7 Å². The van der Waals surface area contributed by atoms with Crippen molar-refractivity contribution in [3.63, 3.8) is 0 Å². The van der Waals surface area contributed by atoms with Gasteiger partial charge in [0.15, 0.2) is 0 Å². The highest BCUT2D eigenvalue weighted by molar-refractivity contribution is 9.09. The Morgan fingerprint density at radius 2 is 1.75 bits per heavy atom. The molecule has 51 heavy (non-hydrogen) atoms. The van der Waals surface area contributed by atoms with Crippen LogP contribution in [0.5, 0.6) is 0 Å². The highest BCUT2D eigenvalue weighted by Crippen LogP contribution is 2.61. The molecule has 11 heteroatoms. The number of esters is 1. The number of aliphatic hydroxyl groups is 1.